The van der Waals surface area contributed by atoms with Crippen molar-refractivity contribution < 1.29 is 9.90 Å². The van der Waals surface area contributed by atoms with E-state index in [-0.39, 0.29) is 12.5 Å². The third-order valence-corrected chi connectivity index (χ3v) is 2.78. The number of carboxylic acids is 1. The maximum atomic E-state index is 10.6. The molecule has 0 aliphatic rings. The Bertz CT molecular complexity index is 523. The van der Waals surface area contributed by atoms with E-state index in [0.29, 0.717) is 6.42 Å². The van der Waals surface area contributed by atoms with Crippen LogP contribution in [0.3, 0.4) is 0 Å². The number of benzene rings is 1. The first-order chi connectivity index (χ1) is 8.68. The summed E-state index contributed by atoms with van der Waals surface area (Å²) in [6.45, 7) is 0. The predicted molar refractivity (Wildman–Crippen MR) is 67.8 cm³/mol. The van der Waals surface area contributed by atoms with Gasteiger partial charge in [0.2, 0.25) is 0 Å². The van der Waals surface area contributed by atoms with Gasteiger partial charge in [0.15, 0.2) is 0 Å². The van der Waals surface area contributed by atoms with Gasteiger partial charge in [-0.15, -0.1) is 0 Å². The molecule has 0 fully saturated rings. The number of nitrogens with one attached hydrogen (secondary N) is 1. The molecular formula is C13H15N3O2. The Morgan fingerprint density at radius 1 is 1.44 bits per heavy atom. The van der Waals surface area contributed by atoms with Crippen molar-refractivity contribution >= 4 is 5.97 Å². The largest absolute Gasteiger partial charge is 0.481 e. The monoisotopic (exact) mass is 245 g/mol. The molecule has 1 aromatic heterocycles. The van der Waals surface area contributed by atoms with Crippen LogP contribution in [0, 0.1) is 0 Å². The summed E-state index contributed by atoms with van der Waals surface area (Å²) in [5.74, 6) is -0.0858. The normalized spacial score (nSPS) is 12.3. The van der Waals surface area contributed by atoms with E-state index in [2.05, 4.69) is 9.97 Å². The van der Waals surface area contributed by atoms with Gasteiger partial charge < -0.3 is 15.8 Å². The van der Waals surface area contributed by atoms with Crippen molar-refractivity contribution in [3.8, 4) is 11.4 Å². The van der Waals surface area contributed by atoms with Crippen LogP contribution < -0.4 is 5.73 Å². The van der Waals surface area contributed by atoms with E-state index in [1.165, 1.54) is 0 Å². The molecule has 1 aromatic carbocycles. The second-order valence-electron chi connectivity index (χ2n) is 4.06. The number of nitrogens with two attached hydrogens (primary N) is 1. The number of rotatable bonds is 5. The van der Waals surface area contributed by atoms with Gasteiger partial charge >= 0.3 is 5.97 Å². The van der Waals surface area contributed by atoms with Gasteiger partial charge in [-0.25, -0.2) is 4.98 Å². The molecule has 94 valence electrons. The highest BCUT2D eigenvalue weighted by Crippen LogP contribution is 2.26. The van der Waals surface area contributed by atoms with Crippen LogP contribution in [0.2, 0.25) is 0 Å². The first-order valence-corrected chi connectivity index (χ1v) is 5.74. The summed E-state index contributed by atoms with van der Waals surface area (Å²) in [7, 11) is 0. The van der Waals surface area contributed by atoms with Crippen molar-refractivity contribution in [2.24, 2.45) is 5.73 Å². The van der Waals surface area contributed by atoms with E-state index in [1.807, 2.05) is 24.3 Å². The van der Waals surface area contributed by atoms with Gasteiger partial charge in [0.1, 0.15) is 5.82 Å². The topological polar surface area (TPSA) is 92.0 Å². The Hall–Kier alpha value is -2.14. The van der Waals surface area contributed by atoms with Gasteiger partial charge in [-0.05, 0) is 12.0 Å². The molecule has 0 amide bonds. The third kappa shape index (κ3) is 2.75. The number of imidazole rings is 1. The zero-order chi connectivity index (χ0) is 13.0. The Morgan fingerprint density at radius 2 is 2.22 bits per heavy atom. The van der Waals surface area contributed by atoms with Gasteiger partial charge in [0.25, 0.3) is 0 Å². The Balaban J connectivity index is 2.25. The lowest BCUT2D eigenvalue weighted by Gasteiger charge is -2.14. The number of carbonyl (C=O) groups is 1. The molecule has 2 aromatic rings. The van der Waals surface area contributed by atoms with Crippen LogP contribution in [0.15, 0.2) is 36.7 Å². The zero-order valence-corrected chi connectivity index (χ0v) is 9.84. The number of H-pyrrole nitrogens is 1. The fourth-order valence-corrected chi connectivity index (χ4v) is 1.88. The lowest BCUT2D eigenvalue weighted by Crippen LogP contribution is -2.13. The maximum Gasteiger partial charge on any atom is 0.303 e. The summed E-state index contributed by atoms with van der Waals surface area (Å²) in [6.07, 6.45) is 3.89. The van der Waals surface area contributed by atoms with Crippen LogP contribution in [0.5, 0.6) is 0 Å². The van der Waals surface area contributed by atoms with Crippen LogP contribution in [0.25, 0.3) is 11.4 Å². The van der Waals surface area contributed by atoms with Crippen LogP contribution in [-0.4, -0.2) is 21.0 Å². The van der Waals surface area contributed by atoms with E-state index >= 15 is 0 Å². The molecular weight excluding hydrogens is 230 g/mol. The van der Waals surface area contributed by atoms with E-state index < -0.39 is 5.97 Å². The summed E-state index contributed by atoms with van der Waals surface area (Å²) in [6, 6.07) is 7.33. The Morgan fingerprint density at radius 3 is 2.89 bits per heavy atom. The minimum atomic E-state index is -0.832. The third-order valence-electron chi connectivity index (χ3n) is 2.78. The molecule has 0 aliphatic carbocycles. The van der Waals surface area contributed by atoms with Crippen LogP contribution in [0.1, 0.15) is 24.4 Å². The Kier molecular flexibility index (Phi) is 3.74. The molecule has 0 radical (unpaired) electrons. The van der Waals surface area contributed by atoms with Gasteiger partial charge in [0, 0.05) is 30.4 Å². The number of aromatic amines is 1. The fraction of sp³-hybridized carbons (Fsp3) is 0.231. The summed E-state index contributed by atoms with van der Waals surface area (Å²) in [5, 5.41) is 8.69. The average Bonchev–Trinajstić information content (AvgIpc) is 2.89. The molecule has 0 saturated carbocycles. The zero-order valence-electron chi connectivity index (χ0n) is 9.84. The number of aliphatic carboxylic acids is 1. The molecule has 4 N–H and O–H groups in total. The Labute approximate surface area is 105 Å². The van der Waals surface area contributed by atoms with Crippen molar-refractivity contribution in [1.82, 2.24) is 9.97 Å². The maximum absolute atomic E-state index is 10.6. The van der Waals surface area contributed by atoms with Crippen LogP contribution in [-0.2, 0) is 4.79 Å². The number of carboxylic acid groups (broad SMARTS) is 1. The minimum absolute atomic E-state index is 0.0632. The molecule has 0 bridgehead atoms. The summed E-state index contributed by atoms with van der Waals surface area (Å²) < 4.78 is 0. The minimum Gasteiger partial charge on any atom is -0.481 e. The number of nitrogens with zero attached hydrogens (tertiary/aromatic N) is 1. The smallest absolute Gasteiger partial charge is 0.303 e. The van der Waals surface area contributed by atoms with Gasteiger partial charge in [-0.3, -0.25) is 4.79 Å². The lowest BCUT2D eigenvalue weighted by molar-refractivity contribution is -0.137. The molecule has 0 saturated heterocycles. The second-order valence-corrected chi connectivity index (χ2v) is 4.06. The lowest BCUT2D eigenvalue weighted by atomic mass is 9.97. The highest BCUT2D eigenvalue weighted by molar-refractivity contribution is 5.67. The molecule has 1 atom stereocenters. The molecule has 18 heavy (non-hydrogen) atoms. The standard InChI is InChI=1S/C13H15N3O2/c14-11(5-6-12(17)18)9-3-1-2-4-10(9)13-15-7-8-16-13/h1-4,7-8,11H,5-6,14H2,(H,15,16)(H,17,18). The number of hydrogen-bond donors (Lipinski definition) is 3. The molecule has 0 aliphatic heterocycles. The average molecular weight is 245 g/mol. The van der Waals surface area contributed by atoms with Crippen LogP contribution in [0.4, 0.5) is 0 Å². The first-order valence-electron chi connectivity index (χ1n) is 5.74. The highest BCUT2D eigenvalue weighted by atomic mass is 16.4. The summed E-state index contributed by atoms with van der Waals surface area (Å²) >= 11 is 0. The van der Waals surface area contributed by atoms with Gasteiger partial charge in [-0.1, -0.05) is 24.3 Å². The quantitative estimate of drug-likeness (QED) is 0.750. The number of aromatic nitrogens is 2. The molecule has 0 spiro atoms. The molecule has 5 nitrogen and oxygen atoms in total. The van der Waals surface area contributed by atoms with Crippen molar-refractivity contribution in [3.05, 3.63) is 42.2 Å². The van der Waals surface area contributed by atoms with E-state index in [1.54, 1.807) is 12.4 Å². The van der Waals surface area contributed by atoms with Crippen molar-refractivity contribution in [3.63, 3.8) is 0 Å². The second kappa shape index (κ2) is 5.46. The van der Waals surface area contributed by atoms with Crippen molar-refractivity contribution in [1.29, 1.82) is 0 Å². The highest BCUT2D eigenvalue weighted by Gasteiger charge is 2.14. The molecule has 1 heterocycles. The summed E-state index contributed by atoms with van der Waals surface area (Å²) in [4.78, 5) is 17.8. The van der Waals surface area contributed by atoms with E-state index in [9.17, 15) is 4.79 Å². The van der Waals surface area contributed by atoms with E-state index in [0.717, 1.165) is 17.0 Å². The molecule has 5 heteroatoms. The fourth-order valence-electron chi connectivity index (χ4n) is 1.88. The van der Waals surface area contributed by atoms with Crippen LogP contribution >= 0.6 is 0 Å². The summed E-state index contributed by atoms with van der Waals surface area (Å²) in [5.41, 5.74) is 7.87. The first kappa shape index (κ1) is 12.3. The molecule has 1 unspecified atom stereocenters. The number of hydrogen-bond acceptors (Lipinski definition) is 3. The van der Waals surface area contributed by atoms with Crippen molar-refractivity contribution in [2.45, 2.75) is 18.9 Å². The van der Waals surface area contributed by atoms with E-state index in [4.69, 9.17) is 10.8 Å². The molecule has 2 rings (SSSR count). The van der Waals surface area contributed by atoms with Crippen molar-refractivity contribution in [2.75, 3.05) is 0 Å². The van der Waals surface area contributed by atoms with Gasteiger partial charge in [-0.2, -0.15) is 0 Å². The predicted octanol–water partition coefficient (Wildman–Crippen LogP) is 1.94. The SMILES string of the molecule is NC(CCC(=O)O)c1ccccc1-c1ncc[nH]1. The van der Waals surface area contributed by atoms with Gasteiger partial charge in [0.05, 0.1) is 0 Å².